The fourth-order valence-corrected chi connectivity index (χ4v) is 5.80. The van der Waals surface area contributed by atoms with Crippen molar-refractivity contribution >= 4 is 67.7 Å². The summed E-state index contributed by atoms with van der Waals surface area (Å²) in [6.45, 7) is 2.68. The Kier molecular flexibility index (Phi) is 5.26. The molecule has 1 unspecified atom stereocenters. The molecule has 10 heteroatoms. The molecule has 30 heavy (non-hydrogen) atoms. The molecule has 1 aromatic carbocycles. The van der Waals surface area contributed by atoms with Crippen molar-refractivity contribution < 1.29 is 9.59 Å². The van der Waals surface area contributed by atoms with Crippen LogP contribution in [0.1, 0.15) is 6.42 Å². The summed E-state index contributed by atoms with van der Waals surface area (Å²) in [4.78, 5) is 40.2. The molecule has 2 aliphatic heterocycles. The number of aromatic nitrogens is 2. The summed E-state index contributed by atoms with van der Waals surface area (Å²) in [6.07, 6.45) is 1.96. The van der Waals surface area contributed by atoms with Crippen LogP contribution in [0, 0.1) is 0 Å². The smallest absolute Gasteiger partial charge is 0.238 e. The topological polar surface area (TPSA) is 78.4 Å². The third-order valence-electron chi connectivity index (χ3n) is 5.18. The summed E-state index contributed by atoms with van der Waals surface area (Å²) in [6, 6.07) is 9.25. The number of pyridine rings is 1. The number of piperazine rings is 1. The molecule has 5 rings (SSSR count). The van der Waals surface area contributed by atoms with Gasteiger partial charge in [-0.25, -0.2) is 9.97 Å². The molecule has 0 spiro atoms. The second-order valence-electron chi connectivity index (χ2n) is 7.13. The standard InChI is InChI=1S/C20H18ClN5O2S2/c21-12-3-4-15-14(10-12)23-18(28)16(29-15)11-17(27)25-6-8-26(9-7-25)20-24-13-2-1-5-22-19(13)30-20/h1-5,10,16H,6-9,11H2,(H,23,28). The Balaban J connectivity index is 1.20. The predicted octanol–water partition coefficient (Wildman–Crippen LogP) is 3.50. The fraction of sp³-hybridized carbons (Fsp3) is 0.300. The number of hydrogen-bond donors (Lipinski definition) is 1. The van der Waals surface area contributed by atoms with Crippen molar-refractivity contribution in [2.24, 2.45) is 0 Å². The average molecular weight is 460 g/mol. The minimum absolute atomic E-state index is 0.00526. The van der Waals surface area contributed by atoms with Gasteiger partial charge in [-0.3, -0.25) is 9.59 Å². The molecule has 2 aromatic heterocycles. The Morgan fingerprint density at radius 3 is 2.87 bits per heavy atom. The van der Waals surface area contributed by atoms with E-state index in [0.29, 0.717) is 23.8 Å². The first-order valence-electron chi connectivity index (χ1n) is 9.58. The summed E-state index contributed by atoms with van der Waals surface area (Å²) < 4.78 is 0. The van der Waals surface area contributed by atoms with Gasteiger partial charge in [-0.2, -0.15) is 0 Å². The van der Waals surface area contributed by atoms with Gasteiger partial charge in [0.05, 0.1) is 10.9 Å². The van der Waals surface area contributed by atoms with Crippen molar-refractivity contribution in [1.29, 1.82) is 0 Å². The predicted molar refractivity (Wildman–Crippen MR) is 121 cm³/mol. The van der Waals surface area contributed by atoms with Gasteiger partial charge >= 0.3 is 0 Å². The number of thioether (sulfide) groups is 1. The number of amides is 2. The first-order chi connectivity index (χ1) is 14.6. The zero-order valence-corrected chi connectivity index (χ0v) is 18.3. The van der Waals surface area contributed by atoms with Gasteiger partial charge in [0.2, 0.25) is 11.8 Å². The molecule has 7 nitrogen and oxygen atoms in total. The first kappa shape index (κ1) is 19.6. The first-order valence-corrected chi connectivity index (χ1v) is 11.7. The maximum Gasteiger partial charge on any atom is 0.238 e. The SMILES string of the molecule is O=C1Nc2cc(Cl)ccc2SC1CC(=O)N1CCN(c2nc3cccnc3s2)CC1. The van der Waals surface area contributed by atoms with Gasteiger partial charge in [-0.1, -0.05) is 22.9 Å². The second kappa shape index (κ2) is 8.05. The number of benzene rings is 1. The van der Waals surface area contributed by atoms with E-state index in [1.165, 1.54) is 11.8 Å². The number of anilines is 2. The molecule has 0 bridgehead atoms. The lowest BCUT2D eigenvalue weighted by Crippen LogP contribution is -2.49. The maximum absolute atomic E-state index is 12.8. The van der Waals surface area contributed by atoms with Gasteiger partial charge in [0.1, 0.15) is 10.3 Å². The third-order valence-corrected chi connectivity index (χ3v) is 7.73. The molecule has 2 amide bonds. The molecule has 4 heterocycles. The highest BCUT2D eigenvalue weighted by Gasteiger charge is 2.32. The Morgan fingerprint density at radius 2 is 2.07 bits per heavy atom. The van der Waals surface area contributed by atoms with Gasteiger partial charge < -0.3 is 15.1 Å². The van der Waals surface area contributed by atoms with Crippen LogP contribution >= 0.6 is 34.7 Å². The number of carbonyl (C=O) groups excluding carboxylic acids is 2. The number of hydrogen-bond acceptors (Lipinski definition) is 7. The van der Waals surface area contributed by atoms with Crippen molar-refractivity contribution in [2.45, 2.75) is 16.6 Å². The fourth-order valence-electron chi connectivity index (χ4n) is 3.59. The number of fused-ring (bicyclic) bond motifs is 2. The monoisotopic (exact) mass is 459 g/mol. The molecular weight excluding hydrogens is 442 g/mol. The highest BCUT2D eigenvalue weighted by atomic mass is 35.5. The zero-order valence-electron chi connectivity index (χ0n) is 15.9. The molecule has 3 aromatic rings. The summed E-state index contributed by atoms with van der Waals surface area (Å²) >= 11 is 8.99. The number of carbonyl (C=O) groups is 2. The van der Waals surface area contributed by atoms with E-state index in [4.69, 9.17) is 11.6 Å². The minimum atomic E-state index is -0.431. The molecule has 1 saturated heterocycles. The van der Waals surface area contributed by atoms with Crippen LogP contribution in [0.2, 0.25) is 5.02 Å². The second-order valence-corrected chi connectivity index (χ2v) is 9.77. The van der Waals surface area contributed by atoms with E-state index in [2.05, 4.69) is 20.2 Å². The van der Waals surface area contributed by atoms with Crippen molar-refractivity contribution in [1.82, 2.24) is 14.9 Å². The Labute approximate surface area is 186 Å². The molecule has 1 fully saturated rings. The van der Waals surface area contributed by atoms with Crippen molar-refractivity contribution in [3.63, 3.8) is 0 Å². The molecule has 154 valence electrons. The van der Waals surface area contributed by atoms with Crippen LogP contribution < -0.4 is 10.2 Å². The summed E-state index contributed by atoms with van der Waals surface area (Å²) in [5.74, 6) is -0.144. The van der Waals surface area contributed by atoms with E-state index in [-0.39, 0.29) is 18.2 Å². The van der Waals surface area contributed by atoms with Crippen molar-refractivity contribution in [2.75, 3.05) is 36.4 Å². The molecule has 2 aliphatic rings. The molecule has 1 N–H and O–H groups in total. The Bertz CT molecular complexity index is 1100. The lowest BCUT2D eigenvalue weighted by Gasteiger charge is -2.35. The normalized spacial score (nSPS) is 19.0. The Morgan fingerprint density at radius 1 is 1.23 bits per heavy atom. The van der Waals surface area contributed by atoms with Crippen molar-refractivity contribution in [3.05, 3.63) is 41.6 Å². The third kappa shape index (κ3) is 3.84. The summed E-state index contributed by atoms with van der Waals surface area (Å²) in [5.41, 5.74) is 1.61. The summed E-state index contributed by atoms with van der Waals surface area (Å²) in [5, 5.41) is 3.95. The lowest BCUT2D eigenvalue weighted by molar-refractivity contribution is -0.132. The van der Waals surface area contributed by atoms with E-state index in [1.54, 1.807) is 29.7 Å². The lowest BCUT2D eigenvalue weighted by atomic mass is 10.2. The van der Waals surface area contributed by atoms with Crippen LogP contribution in [0.5, 0.6) is 0 Å². The van der Waals surface area contributed by atoms with Gasteiger partial charge in [-0.05, 0) is 30.3 Å². The average Bonchev–Trinajstić information content (AvgIpc) is 3.19. The Hall–Kier alpha value is -2.36. The molecule has 1 atom stereocenters. The van der Waals surface area contributed by atoms with Gasteiger partial charge in [0.15, 0.2) is 5.13 Å². The van der Waals surface area contributed by atoms with Crippen LogP contribution in [0.4, 0.5) is 10.8 Å². The van der Waals surface area contributed by atoms with E-state index in [1.807, 2.05) is 23.1 Å². The number of nitrogens with one attached hydrogen (secondary N) is 1. The van der Waals surface area contributed by atoms with E-state index < -0.39 is 5.25 Å². The zero-order chi connectivity index (χ0) is 20.7. The number of thiazole rings is 1. The van der Waals surface area contributed by atoms with Gasteiger partial charge in [-0.15, -0.1) is 11.8 Å². The van der Waals surface area contributed by atoms with Gasteiger partial charge in [0.25, 0.3) is 0 Å². The van der Waals surface area contributed by atoms with Crippen LogP contribution in [-0.4, -0.2) is 58.1 Å². The van der Waals surface area contributed by atoms with E-state index >= 15 is 0 Å². The molecule has 0 aliphatic carbocycles. The molecule has 0 radical (unpaired) electrons. The number of rotatable bonds is 3. The molecule has 0 saturated carbocycles. The number of nitrogens with zero attached hydrogens (tertiary/aromatic N) is 4. The quantitative estimate of drug-likeness (QED) is 0.645. The summed E-state index contributed by atoms with van der Waals surface area (Å²) in [7, 11) is 0. The van der Waals surface area contributed by atoms with Crippen LogP contribution in [0.25, 0.3) is 10.3 Å². The van der Waals surface area contributed by atoms with Crippen LogP contribution in [-0.2, 0) is 9.59 Å². The van der Waals surface area contributed by atoms with Crippen molar-refractivity contribution in [3.8, 4) is 0 Å². The van der Waals surface area contributed by atoms with E-state index in [0.717, 1.165) is 33.5 Å². The highest BCUT2D eigenvalue weighted by Crippen LogP contribution is 2.38. The minimum Gasteiger partial charge on any atom is -0.344 e. The largest absolute Gasteiger partial charge is 0.344 e. The van der Waals surface area contributed by atoms with Crippen LogP contribution in [0.3, 0.4) is 0 Å². The highest BCUT2D eigenvalue weighted by molar-refractivity contribution is 8.01. The van der Waals surface area contributed by atoms with Gasteiger partial charge in [0, 0.05) is 48.7 Å². The molecular formula is C20H18ClN5O2S2. The van der Waals surface area contributed by atoms with Crippen LogP contribution in [0.15, 0.2) is 41.4 Å². The van der Waals surface area contributed by atoms with E-state index in [9.17, 15) is 9.59 Å². The number of halogens is 1. The maximum atomic E-state index is 12.8.